The highest BCUT2D eigenvalue weighted by Gasteiger charge is 2.20. The molecule has 0 spiro atoms. The minimum Gasteiger partial charge on any atom is -0.307 e. The third-order valence-corrected chi connectivity index (χ3v) is 5.07. The minimum atomic E-state index is -0.263. The smallest absolute Gasteiger partial charge is 0.257 e. The third kappa shape index (κ3) is 2.95. The van der Waals surface area contributed by atoms with E-state index in [-0.39, 0.29) is 5.91 Å². The van der Waals surface area contributed by atoms with Crippen molar-refractivity contribution in [2.45, 2.75) is 6.92 Å². The maximum absolute atomic E-state index is 13.0. The van der Waals surface area contributed by atoms with Crippen LogP contribution in [0.2, 0.25) is 5.02 Å². The number of amides is 1. The van der Waals surface area contributed by atoms with Gasteiger partial charge in [0.15, 0.2) is 5.65 Å². The number of anilines is 1. The first-order valence-electron chi connectivity index (χ1n) is 7.84. The summed E-state index contributed by atoms with van der Waals surface area (Å²) in [5.41, 5.74) is 2.68. The molecule has 4 aromatic heterocycles. The zero-order chi connectivity index (χ0) is 18.3. The monoisotopic (exact) mass is 383 g/mol. The molecule has 1 amide bonds. The van der Waals surface area contributed by atoms with Gasteiger partial charge in [0.05, 0.1) is 32.2 Å². The molecule has 8 heteroatoms. The van der Waals surface area contributed by atoms with E-state index < -0.39 is 0 Å². The van der Waals surface area contributed by atoms with Crippen molar-refractivity contribution in [1.29, 1.82) is 0 Å². The van der Waals surface area contributed by atoms with Crippen LogP contribution in [-0.4, -0.2) is 25.7 Å². The number of halogens is 1. The van der Waals surface area contributed by atoms with Gasteiger partial charge in [-0.15, -0.1) is 11.3 Å². The van der Waals surface area contributed by atoms with Crippen molar-refractivity contribution in [3.05, 3.63) is 58.2 Å². The Morgan fingerprint density at radius 2 is 2.15 bits per heavy atom. The highest BCUT2D eigenvalue weighted by molar-refractivity contribution is 7.13. The van der Waals surface area contributed by atoms with E-state index in [2.05, 4.69) is 15.4 Å². The summed E-state index contributed by atoms with van der Waals surface area (Å²) < 4.78 is 1.69. The van der Waals surface area contributed by atoms with E-state index in [4.69, 9.17) is 16.6 Å². The van der Waals surface area contributed by atoms with Crippen molar-refractivity contribution in [1.82, 2.24) is 19.7 Å². The van der Waals surface area contributed by atoms with E-state index in [1.54, 1.807) is 34.2 Å². The summed E-state index contributed by atoms with van der Waals surface area (Å²) in [7, 11) is 1.82. The van der Waals surface area contributed by atoms with Gasteiger partial charge < -0.3 is 5.32 Å². The summed E-state index contributed by atoms with van der Waals surface area (Å²) >= 11 is 7.42. The fraction of sp³-hybridized carbons (Fsp3) is 0.111. The molecule has 130 valence electrons. The van der Waals surface area contributed by atoms with E-state index in [0.717, 1.165) is 21.7 Å². The second kappa shape index (κ2) is 6.51. The lowest BCUT2D eigenvalue weighted by Crippen LogP contribution is -2.14. The molecule has 0 unspecified atom stereocenters. The molecule has 4 rings (SSSR count). The molecular weight excluding hydrogens is 370 g/mol. The lowest BCUT2D eigenvalue weighted by molar-refractivity contribution is 0.102. The number of hydrogen-bond acceptors (Lipinski definition) is 5. The highest BCUT2D eigenvalue weighted by atomic mass is 35.5. The van der Waals surface area contributed by atoms with Crippen molar-refractivity contribution in [2.75, 3.05) is 5.32 Å². The number of pyridine rings is 2. The van der Waals surface area contributed by atoms with Crippen LogP contribution < -0.4 is 5.32 Å². The Labute approximate surface area is 158 Å². The molecule has 0 fully saturated rings. The van der Waals surface area contributed by atoms with E-state index in [9.17, 15) is 4.79 Å². The molecular formula is C18H14ClN5OS. The lowest BCUT2D eigenvalue weighted by Gasteiger charge is -2.08. The normalized spacial score (nSPS) is 11.0. The molecule has 0 radical (unpaired) electrons. The number of fused-ring (bicyclic) bond motifs is 1. The Balaban J connectivity index is 1.84. The molecule has 0 atom stereocenters. The Morgan fingerprint density at radius 3 is 2.85 bits per heavy atom. The zero-order valence-electron chi connectivity index (χ0n) is 14.0. The number of aryl methyl sites for hydroxylation is 2. The largest absolute Gasteiger partial charge is 0.307 e. The van der Waals surface area contributed by atoms with Gasteiger partial charge in [-0.1, -0.05) is 17.7 Å². The van der Waals surface area contributed by atoms with E-state index >= 15 is 0 Å². The van der Waals surface area contributed by atoms with Crippen molar-refractivity contribution in [3.63, 3.8) is 0 Å². The highest BCUT2D eigenvalue weighted by Crippen LogP contribution is 2.29. The van der Waals surface area contributed by atoms with E-state index in [0.29, 0.717) is 22.1 Å². The summed E-state index contributed by atoms with van der Waals surface area (Å²) in [6.07, 6.45) is 1.49. The van der Waals surface area contributed by atoms with E-state index in [1.165, 1.54) is 6.20 Å². The first-order valence-corrected chi connectivity index (χ1v) is 9.10. The zero-order valence-corrected chi connectivity index (χ0v) is 15.6. The molecule has 4 aromatic rings. The predicted molar refractivity (Wildman–Crippen MR) is 104 cm³/mol. The van der Waals surface area contributed by atoms with Gasteiger partial charge in [0.1, 0.15) is 5.82 Å². The van der Waals surface area contributed by atoms with Gasteiger partial charge in [0.2, 0.25) is 0 Å². The van der Waals surface area contributed by atoms with Gasteiger partial charge in [-0.2, -0.15) is 5.10 Å². The fourth-order valence-electron chi connectivity index (χ4n) is 2.81. The first kappa shape index (κ1) is 16.7. The van der Waals surface area contributed by atoms with Crippen LogP contribution in [-0.2, 0) is 7.05 Å². The number of aromatic nitrogens is 4. The molecule has 4 heterocycles. The number of nitrogens with zero attached hydrogens (tertiary/aromatic N) is 4. The van der Waals surface area contributed by atoms with Crippen LogP contribution in [0.15, 0.2) is 41.9 Å². The predicted octanol–water partition coefficient (Wildman–Crippen LogP) is 4.31. The van der Waals surface area contributed by atoms with Gasteiger partial charge >= 0.3 is 0 Å². The summed E-state index contributed by atoms with van der Waals surface area (Å²) in [4.78, 5) is 22.8. The summed E-state index contributed by atoms with van der Waals surface area (Å²) in [6.45, 7) is 1.87. The maximum atomic E-state index is 13.0. The Morgan fingerprint density at radius 1 is 1.31 bits per heavy atom. The van der Waals surface area contributed by atoms with Crippen LogP contribution in [0.5, 0.6) is 0 Å². The molecule has 0 aliphatic heterocycles. The molecule has 0 saturated carbocycles. The topological polar surface area (TPSA) is 72.7 Å². The molecule has 1 N–H and O–H groups in total. The van der Waals surface area contributed by atoms with Crippen LogP contribution in [0.3, 0.4) is 0 Å². The molecule has 0 saturated heterocycles. The van der Waals surface area contributed by atoms with Gasteiger partial charge in [0.25, 0.3) is 5.91 Å². The number of carbonyl (C=O) groups excluding carboxylic acids is 1. The third-order valence-electron chi connectivity index (χ3n) is 3.96. The van der Waals surface area contributed by atoms with Crippen LogP contribution in [0, 0.1) is 6.92 Å². The summed E-state index contributed by atoms with van der Waals surface area (Å²) in [6, 6.07) is 9.07. The average Bonchev–Trinajstić information content (AvgIpc) is 3.25. The maximum Gasteiger partial charge on any atom is 0.257 e. The van der Waals surface area contributed by atoms with Gasteiger partial charge in [-0.05, 0) is 36.6 Å². The number of hydrogen-bond donors (Lipinski definition) is 1. The van der Waals surface area contributed by atoms with Crippen molar-refractivity contribution in [2.24, 2.45) is 7.05 Å². The average molecular weight is 384 g/mol. The second-order valence-corrected chi connectivity index (χ2v) is 7.14. The molecule has 0 aromatic carbocycles. The Hall–Kier alpha value is -2.77. The second-order valence-electron chi connectivity index (χ2n) is 5.76. The summed E-state index contributed by atoms with van der Waals surface area (Å²) in [5.74, 6) is 0.171. The van der Waals surface area contributed by atoms with E-state index in [1.807, 2.05) is 31.5 Å². The number of rotatable bonds is 3. The van der Waals surface area contributed by atoms with Crippen LogP contribution in [0.4, 0.5) is 5.82 Å². The van der Waals surface area contributed by atoms with Gasteiger partial charge in [0, 0.05) is 13.2 Å². The molecule has 0 aliphatic rings. The molecule has 0 aliphatic carbocycles. The Bertz CT molecular complexity index is 1100. The van der Waals surface area contributed by atoms with Crippen molar-refractivity contribution in [3.8, 4) is 10.6 Å². The first-order chi connectivity index (χ1) is 12.5. The minimum absolute atomic E-state index is 0.263. The van der Waals surface area contributed by atoms with Crippen LogP contribution in [0.1, 0.15) is 16.1 Å². The van der Waals surface area contributed by atoms with Crippen molar-refractivity contribution >= 4 is 45.7 Å². The van der Waals surface area contributed by atoms with Crippen LogP contribution >= 0.6 is 22.9 Å². The number of carbonyl (C=O) groups is 1. The molecule has 26 heavy (non-hydrogen) atoms. The Kier molecular flexibility index (Phi) is 4.18. The quantitative estimate of drug-likeness (QED) is 0.572. The van der Waals surface area contributed by atoms with Gasteiger partial charge in [-0.3, -0.25) is 9.48 Å². The molecule has 6 nitrogen and oxygen atoms in total. The van der Waals surface area contributed by atoms with Crippen molar-refractivity contribution < 1.29 is 4.79 Å². The van der Waals surface area contributed by atoms with Crippen LogP contribution in [0.25, 0.3) is 21.6 Å². The fourth-order valence-corrected chi connectivity index (χ4v) is 3.61. The van der Waals surface area contributed by atoms with Gasteiger partial charge in [-0.25, -0.2) is 9.97 Å². The SMILES string of the molecule is Cc1nn(C)c2nc(-c3cccs3)cc(C(=O)Nc3ccc(Cl)cn3)c12. The number of nitrogens with one attached hydrogen (secondary N) is 1. The lowest BCUT2D eigenvalue weighted by atomic mass is 10.1. The summed E-state index contributed by atoms with van der Waals surface area (Å²) in [5, 5.41) is 10.5. The standard InChI is InChI=1S/C18H14ClN5OS/c1-10-16-12(18(25)22-15-6-5-11(19)9-20-15)8-13(14-4-3-7-26-14)21-17(16)24(2)23-10/h3-9H,1-2H3,(H,20,22,25). The molecule has 0 bridgehead atoms. The number of thiophene rings is 1.